The third-order valence-corrected chi connectivity index (χ3v) is 7.43. The zero-order valence-electron chi connectivity index (χ0n) is 17.9. The molecule has 2 amide bonds. The molecule has 6 nitrogen and oxygen atoms in total. The third kappa shape index (κ3) is 3.62. The number of rotatable bonds is 5. The van der Waals surface area contributed by atoms with Gasteiger partial charge in [0.05, 0.1) is 18.0 Å². The largest absolute Gasteiger partial charge is 0.351 e. The molecule has 3 heterocycles. The van der Waals surface area contributed by atoms with Gasteiger partial charge in [0.15, 0.2) is 0 Å². The van der Waals surface area contributed by atoms with Crippen LogP contribution in [0.2, 0.25) is 0 Å². The molecule has 2 aliphatic rings. The van der Waals surface area contributed by atoms with Gasteiger partial charge in [0.2, 0.25) is 5.91 Å². The van der Waals surface area contributed by atoms with Gasteiger partial charge in [-0.15, -0.1) is 11.3 Å². The molecule has 1 aromatic carbocycles. The first-order valence-corrected chi connectivity index (χ1v) is 11.8. The fourth-order valence-electron chi connectivity index (χ4n) is 4.64. The van der Waals surface area contributed by atoms with Crippen molar-refractivity contribution in [3.63, 3.8) is 0 Å². The van der Waals surface area contributed by atoms with Crippen LogP contribution in [0.25, 0.3) is 10.6 Å². The van der Waals surface area contributed by atoms with Crippen LogP contribution < -0.4 is 5.32 Å². The third-order valence-electron chi connectivity index (χ3n) is 6.54. The van der Waals surface area contributed by atoms with Gasteiger partial charge in [-0.3, -0.25) is 14.3 Å². The molecule has 1 saturated carbocycles. The molecule has 0 saturated heterocycles. The van der Waals surface area contributed by atoms with E-state index < -0.39 is 11.4 Å². The summed E-state index contributed by atoms with van der Waals surface area (Å²) in [5.41, 5.74) is 0.311. The Bertz CT molecular complexity index is 1150. The lowest BCUT2D eigenvalue weighted by atomic mass is 9.93. The number of hydrogen-bond donors (Lipinski definition) is 1. The van der Waals surface area contributed by atoms with Crippen molar-refractivity contribution in [2.24, 2.45) is 0 Å². The maximum Gasteiger partial charge on any atom is 0.273 e. The summed E-state index contributed by atoms with van der Waals surface area (Å²) in [6, 6.07) is 12.1. The Hall–Kier alpha value is -3.00. The smallest absolute Gasteiger partial charge is 0.273 e. The van der Waals surface area contributed by atoms with Gasteiger partial charge in [0, 0.05) is 11.6 Å². The lowest BCUT2D eigenvalue weighted by Gasteiger charge is -2.43. The van der Waals surface area contributed by atoms with Crippen molar-refractivity contribution in [2.75, 3.05) is 0 Å². The second-order valence-corrected chi connectivity index (χ2v) is 9.71. The quantitative estimate of drug-likeness (QED) is 0.630. The Balaban J connectivity index is 1.53. The van der Waals surface area contributed by atoms with E-state index in [4.69, 9.17) is 0 Å². The van der Waals surface area contributed by atoms with Crippen LogP contribution in [0.15, 0.2) is 47.8 Å². The first kappa shape index (κ1) is 20.9. The number of carbonyl (C=O) groups excluding carboxylic acids is 2. The van der Waals surface area contributed by atoms with Crippen LogP contribution in [0.1, 0.15) is 48.7 Å². The van der Waals surface area contributed by atoms with E-state index in [0.29, 0.717) is 17.0 Å². The first-order chi connectivity index (χ1) is 15.5. The van der Waals surface area contributed by atoms with E-state index in [9.17, 15) is 14.0 Å². The lowest BCUT2D eigenvalue weighted by molar-refractivity contribution is -0.134. The zero-order chi connectivity index (χ0) is 22.3. The Kier molecular flexibility index (Phi) is 5.33. The number of fused-ring (bicyclic) bond motifs is 1. The molecule has 2 aromatic heterocycles. The number of benzene rings is 1. The van der Waals surface area contributed by atoms with E-state index in [-0.39, 0.29) is 30.9 Å². The summed E-state index contributed by atoms with van der Waals surface area (Å²) in [5, 5.41) is 9.73. The summed E-state index contributed by atoms with van der Waals surface area (Å²) < 4.78 is 16.1. The Morgan fingerprint density at radius 1 is 1.25 bits per heavy atom. The number of nitrogens with zero attached hydrogens (tertiary/aromatic N) is 3. The first-order valence-electron chi connectivity index (χ1n) is 10.9. The van der Waals surface area contributed by atoms with Crippen LogP contribution in [0.3, 0.4) is 0 Å². The number of nitrogens with one attached hydrogen (secondary N) is 1. The van der Waals surface area contributed by atoms with Crippen molar-refractivity contribution in [2.45, 2.75) is 57.3 Å². The van der Waals surface area contributed by atoms with Crippen molar-refractivity contribution in [1.82, 2.24) is 20.0 Å². The molecular formula is C24H25FN4O2S. The normalized spacial score (nSPS) is 21.1. The van der Waals surface area contributed by atoms with Crippen LogP contribution in [0.4, 0.5) is 4.39 Å². The highest BCUT2D eigenvalue weighted by atomic mass is 32.1. The fraction of sp³-hybridized carbons (Fsp3) is 0.375. The Morgan fingerprint density at radius 3 is 2.75 bits per heavy atom. The lowest BCUT2D eigenvalue weighted by Crippen LogP contribution is -2.64. The maximum atomic E-state index is 14.5. The average molecular weight is 453 g/mol. The maximum absolute atomic E-state index is 14.5. The van der Waals surface area contributed by atoms with Crippen LogP contribution in [0.5, 0.6) is 0 Å². The molecule has 1 atom stereocenters. The zero-order valence-corrected chi connectivity index (χ0v) is 18.7. The van der Waals surface area contributed by atoms with Gasteiger partial charge in [-0.1, -0.05) is 37.1 Å². The standard InChI is InChI=1S/C24H25FN4O2S/c1-24(23(31)26-17-8-3-4-9-17)15-29-20(13-19(27-29)21-11-6-12-32-21)22(30)28(24)14-16-7-2-5-10-18(16)25/h2,5-7,10-13,17H,3-4,8-9,14-15H2,1H3,(H,26,31)/t24-/m0/s1. The minimum absolute atomic E-state index is 0.0135. The van der Waals surface area contributed by atoms with Gasteiger partial charge in [0.25, 0.3) is 5.91 Å². The summed E-state index contributed by atoms with van der Waals surface area (Å²) >= 11 is 1.54. The molecule has 1 fully saturated rings. The number of amides is 2. The molecule has 0 unspecified atom stereocenters. The molecule has 8 heteroatoms. The summed E-state index contributed by atoms with van der Waals surface area (Å²) in [7, 11) is 0. The minimum Gasteiger partial charge on any atom is -0.351 e. The van der Waals surface area contributed by atoms with Gasteiger partial charge in [-0.05, 0) is 43.3 Å². The van der Waals surface area contributed by atoms with Gasteiger partial charge in [-0.2, -0.15) is 5.10 Å². The molecule has 166 valence electrons. The summed E-state index contributed by atoms with van der Waals surface area (Å²) in [4.78, 5) is 29.6. The van der Waals surface area contributed by atoms with E-state index >= 15 is 0 Å². The second-order valence-electron chi connectivity index (χ2n) is 8.76. The van der Waals surface area contributed by atoms with Gasteiger partial charge >= 0.3 is 0 Å². The highest BCUT2D eigenvalue weighted by molar-refractivity contribution is 7.13. The van der Waals surface area contributed by atoms with E-state index in [1.54, 1.807) is 47.2 Å². The average Bonchev–Trinajstić information content (AvgIpc) is 3.53. The van der Waals surface area contributed by atoms with Gasteiger partial charge in [0.1, 0.15) is 22.7 Å². The fourth-order valence-corrected chi connectivity index (χ4v) is 5.32. The van der Waals surface area contributed by atoms with Crippen molar-refractivity contribution in [3.05, 3.63) is 64.9 Å². The SMILES string of the molecule is C[C@@]1(C(=O)NC2CCCC2)Cn2nc(-c3cccs3)cc2C(=O)N1Cc1ccccc1F. The number of carbonyl (C=O) groups is 2. The number of thiophene rings is 1. The Labute approximate surface area is 190 Å². The van der Waals surface area contributed by atoms with E-state index in [1.165, 1.54) is 11.0 Å². The predicted octanol–water partition coefficient (Wildman–Crippen LogP) is 4.22. The van der Waals surface area contributed by atoms with E-state index in [0.717, 1.165) is 30.6 Å². The predicted molar refractivity (Wildman–Crippen MR) is 121 cm³/mol. The Morgan fingerprint density at radius 2 is 2.03 bits per heavy atom. The molecule has 5 rings (SSSR count). The second kappa shape index (κ2) is 8.16. The van der Waals surface area contributed by atoms with Crippen LogP contribution in [-0.2, 0) is 17.9 Å². The molecule has 0 radical (unpaired) electrons. The van der Waals surface area contributed by atoms with Crippen LogP contribution >= 0.6 is 11.3 Å². The number of hydrogen-bond acceptors (Lipinski definition) is 4. The number of halogens is 1. The minimum atomic E-state index is -1.19. The highest BCUT2D eigenvalue weighted by Crippen LogP contribution is 2.33. The number of aromatic nitrogens is 2. The summed E-state index contributed by atoms with van der Waals surface area (Å²) in [6.45, 7) is 1.98. The van der Waals surface area contributed by atoms with Crippen molar-refractivity contribution < 1.29 is 14.0 Å². The molecule has 3 aromatic rings. The molecule has 1 N–H and O–H groups in total. The van der Waals surface area contributed by atoms with Crippen molar-refractivity contribution >= 4 is 23.2 Å². The molecule has 32 heavy (non-hydrogen) atoms. The van der Waals surface area contributed by atoms with Crippen LogP contribution in [-0.4, -0.2) is 38.1 Å². The van der Waals surface area contributed by atoms with Gasteiger partial charge < -0.3 is 10.2 Å². The van der Waals surface area contributed by atoms with Crippen LogP contribution in [0, 0.1) is 5.82 Å². The molecule has 1 aliphatic heterocycles. The summed E-state index contributed by atoms with van der Waals surface area (Å²) in [5.74, 6) is -0.927. The molecule has 0 bridgehead atoms. The monoisotopic (exact) mass is 452 g/mol. The topological polar surface area (TPSA) is 67.2 Å². The summed E-state index contributed by atoms with van der Waals surface area (Å²) in [6.07, 6.45) is 4.07. The van der Waals surface area contributed by atoms with E-state index in [2.05, 4.69) is 10.4 Å². The van der Waals surface area contributed by atoms with Gasteiger partial charge in [-0.25, -0.2) is 4.39 Å². The molecule has 0 spiro atoms. The molecule has 1 aliphatic carbocycles. The highest BCUT2D eigenvalue weighted by Gasteiger charge is 2.48. The molecular weight excluding hydrogens is 427 g/mol. The van der Waals surface area contributed by atoms with Crippen molar-refractivity contribution in [1.29, 1.82) is 0 Å². The van der Waals surface area contributed by atoms with E-state index in [1.807, 2.05) is 17.5 Å². The van der Waals surface area contributed by atoms with Crippen molar-refractivity contribution in [3.8, 4) is 10.6 Å².